The summed E-state index contributed by atoms with van der Waals surface area (Å²) in [6.07, 6.45) is 0. The molecule has 24 heavy (non-hydrogen) atoms. The van der Waals surface area contributed by atoms with E-state index in [1.165, 1.54) is 12.7 Å². The zero-order chi connectivity index (χ0) is 17.7. The Labute approximate surface area is 141 Å². The Morgan fingerprint density at radius 2 is 1.58 bits per heavy atom. The van der Waals surface area contributed by atoms with E-state index in [4.69, 9.17) is 4.74 Å². The van der Waals surface area contributed by atoms with Crippen LogP contribution in [0.5, 0.6) is 5.75 Å². The van der Waals surface area contributed by atoms with Crippen molar-refractivity contribution >= 4 is 17.6 Å². The van der Waals surface area contributed by atoms with Gasteiger partial charge < -0.3 is 14.8 Å². The van der Waals surface area contributed by atoms with E-state index in [0.717, 1.165) is 11.1 Å². The lowest BCUT2D eigenvalue weighted by molar-refractivity contribution is -0.118. The zero-order valence-corrected chi connectivity index (χ0v) is 14.3. The van der Waals surface area contributed by atoms with Crippen molar-refractivity contribution < 1.29 is 19.1 Å². The maximum Gasteiger partial charge on any atom is 0.337 e. The fourth-order valence-electron chi connectivity index (χ4n) is 2.24. The molecule has 0 aliphatic carbocycles. The number of carbonyl (C=O) groups excluding carboxylic acids is 2. The average Bonchev–Trinajstić information content (AvgIpc) is 2.57. The van der Waals surface area contributed by atoms with Crippen LogP contribution in [0.15, 0.2) is 36.4 Å². The summed E-state index contributed by atoms with van der Waals surface area (Å²) in [5.41, 5.74) is 4.32. The van der Waals surface area contributed by atoms with Crippen LogP contribution in [0, 0.1) is 20.8 Å². The topological polar surface area (TPSA) is 64.6 Å². The van der Waals surface area contributed by atoms with Crippen LogP contribution in [0.4, 0.5) is 5.69 Å². The summed E-state index contributed by atoms with van der Waals surface area (Å²) < 4.78 is 10.2. The first-order valence-electron chi connectivity index (χ1n) is 7.59. The van der Waals surface area contributed by atoms with Crippen molar-refractivity contribution in [1.29, 1.82) is 0 Å². The Kier molecular flexibility index (Phi) is 5.58. The van der Waals surface area contributed by atoms with Crippen LogP contribution in [0.2, 0.25) is 0 Å². The highest BCUT2D eigenvalue weighted by atomic mass is 16.5. The van der Waals surface area contributed by atoms with Crippen LogP contribution < -0.4 is 10.1 Å². The second-order valence-corrected chi connectivity index (χ2v) is 5.61. The molecule has 0 fully saturated rings. The number of nitrogens with one attached hydrogen (secondary N) is 1. The third-order valence-electron chi connectivity index (χ3n) is 3.74. The van der Waals surface area contributed by atoms with E-state index >= 15 is 0 Å². The summed E-state index contributed by atoms with van der Waals surface area (Å²) in [5, 5.41) is 2.73. The molecule has 0 spiro atoms. The van der Waals surface area contributed by atoms with Gasteiger partial charge in [0.1, 0.15) is 5.75 Å². The number of aryl methyl sites for hydroxylation is 3. The third kappa shape index (κ3) is 4.35. The van der Waals surface area contributed by atoms with Crippen molar-refractivity contribution in [3.63, 3.8) is 0 Å². The Hall–Kier alpha value is -2.82. The number of rotatable bonds is 5. The predicted octanol–water partition coefficient (Wildman–Crippen LogP) is 3.42. The second kappa shape index (κ2) is 7.64. The number of carbonyl (C=O) groups is 2. The lowest BCUT2D eigenvalue weighted by Gasteiger charge is -2.12. The highest BCUT2D eigenvalue weighted by Gasteiger charge is 2.09. The van der Waals surface area contributed by atoms with Gasteiger partial charge in [-0.15, -0.1) is 0 Å². The van der Waals surface area contributed by atoms with E-state index in [9.17, 15) is 9.59 Å². The molecule has 0 aromatic heterocycles. The van der Waals surface area contributed by atoms with E-state index in [1.54, 1.807) is 24.3 Å². The molecule has 0 saturated carbocycles. The molecule has 0 heterocycles. The average molecular weight is 327 g/mol. The van der Waals surface area contributed by atoms with Gasteiger partial charge in [0.2, 0.25) is 0 Å². The van der Waals surface area contributed by atoms with Gasteiger partial charge in [0.05, 0.1) is 12.7 Å². The van der Waals surface area contributed by atoms with Gasteiger partial charge in [-0.05, 0) is 67.8 Å². The molecular formula is C19H21NO4. The Bertz CT molecular complexity index is 751. The number of methoxy groups -OCH3 is 1. The van der Waals surface area contributed by atoms with Crippen LogP contribution in [0.1, 0.15) is 27.0 Å². The molecule has 2 rings (SSSR count). The number of anilines is 1. The molecule has 2 aromatic rings. The molecule has 0 radical (unpaired) electrons. The number of amides is 1. The Morgan fingerprint density at radius 3 is 2.21 bits per heavy atom. The number of esters is 1. The minimum absolute atomic E-state index is 0.0813. The van der Waals surface area contributed by atoms with Gasteiger partial charge in [0, 0.05) is 5.69 Å². The Balaban J connectivity index is 1.94. The van der Waals surface area contributed by atoms with Gasteiger partial charge in [-0.25, -0.2) is 4.79 Å². The largest absolute Gasteiger partial charge is 0.483 e. The van der Waals surface area contributed by atoms with E-state index in [0.29, 0.717) is 17.0 Å². The lowest BCUT2D eigenvalue weighted by atomic mass is 10.1. The summed E-state index contributed by atoms with van der Waals surface area (Å²) in [6.45, 7) is 5.91. The first kappa shape index (κ1) is 17.5. The van der Waals surface area contributed by atoms with Crippen molar-refractivity contribution in [3.05, 3.63) is 58.7 Å². The molecule has 1 amide bonds. The van der Waals surface area contributed by atoms with Gasteiger partial charge in [0.25, 0.3) is 5.91 Å². The summed E-state index contributed by atoms with van der Waals surface area (Å²) in [6, 6.07) is 10.4. The van der Waals surface area contributed by atoms with Gasteiger partial charge in [0.15, 0.2) is 6.61 Å². The normalized spacial score (nSPS) is 10.2. The van der Waals surface area contributed by atoms with Crippen LogP contribution in [-0.4, -0.2) is 25.6 Å². The van der Waals surface area contributed by atoms with Gasteiger partial charge in [-0.3, -0.25) is 4.79 Å². The predicted molar refractivity (Wildman–Crippen MR) is 92.6 cm³/mol. The van der Waals surface area contributed by atoms with Gasteiger partial charge in [-0.2, -0.15) is 0 Å². The fraction of sp³-hybridized carbons (Fsp3) is 0.263. The molecular weight excluding hydrogens is 306 g/mol. The third-order valence-corrected chi connectivity index (χ3v) is 3.74. The highest BCUT2D eigenvalue weighted by Crippen LogP contribution is 2.22. The summed E-state index contributed by atoms with van der Waals surface area (Å²) in [7, 11) is 1.32. The molecule has 0 aliphatic heterocycles. The molecule has 5 heteroatoms. The van der Waals surface area contributed by atoms with E-state index < -0.39 is 5.97 Å². The molecule has 126 valence electrons. The van der Waals surface area contributed by atoms with Crippen molar-refractivity contribution in [3.8, 4) is 5.75 Å². The molecule has 0 unspecified atom stereocenters. The van der Waals surface area contributed by atoms with Crippen molar-refractivity contribution in [1.82, 2.24) is 0 Å². The van der Waals surface area contributed by atoms with E-state index in [2.05, 4.69) is 10.1 Å². The number of hydrogen-bond donors (Lipinski definition) is 1. The van der Waals surface area contributed by atoms with Crippen molar-refractivity contribution in [2.45, 2.75) is 20.8 Å². The number of benzene rings is 2. The molecule has 1 N–H and O–H groups in total. The minimum atomic E-state index is -0.415. The van der Waals surface area contributed by atoms with Crippen LogP contribution in [0.25, 0.3) is 0 Å². The molecule has 5 nitrogen and oxygen atoms in total. The number of hydrogen-bond acceptors (Lipinski definition) is 4. The molecule has 0 aliphatic rings. The standard InChI is InChI=1S/C19H21NO4/c1-12-9-14(3)17(10-13(12)2)24-11-18(21)20-16-7-5-15(6-8-16)19(22)23-4/h5-10H,11H2,1-4H3,(H,20,21). The number of ether oxygens (including phenoxy) is 2. The maximum atomic E-state index is 12.0. The first-order chi connectivity index (χ1) is 11.4. The Morgan fingerprint density at radius 1 is 0.958 bits per heavy atom. The summed E-state index contributed by atoms with van der Waals surface area (Å²) in [5.74, 6) is 0.0224. The summed E-state index contributed by atoms with van der Waals surface area (Å²) in [4.78, 5) is 23.4. The van der Waals surface area contributed by atoms with Crippen molar-refractivity contribution in [2.75, 3.05) is 19.0 Å². The monoisotopic (exact) mass is 327 g/mol. The van der Waals surface area contributed by atoms with E-state index in [-0.39, 0.29) is 12.5 Å². The van der Waals surface area contributed by atoms with Crippen LogP contribution >= 0.6 is 0 Å². The molecule has 0 bridgehead atoms. The SMILES string of the molecule is COC(=O)c1ccc(NC(=O)COc2cc(C)c(C)cc2C)cc1. The van der Waals surface area contributed by atoms with Crippen LogP contribution in [-0.2, 0) is 9.53 Å². The molecule has 0 saturated heterocycles. The highest BCUT2D eigenvalue weighted by molar-refractivity contribution is 5.93. The van der Waals surface area contributed by atoms with Gasteiger partial charge in [-0.1, -0.05) is 6.07 Å². The van der Waals surface area contributed by atoms with Crippen LogP contribution in [0.3, 0.4) is 0 Å². The maximum absolute atomic E-state index is 12.0. The fourth-order valence-corrected chi connectivity index (χ4v) is 2.24. The molecule has 2 aromatic carbocycles. The smallest absolute Gasteiger partial charge is 0.337 e. The molecule has 0 atom stereocenters. The minimum Gasteiger partial charge on any atom is -0.483 e. The quantitative estimate of drug-likeness (QED) is 0.855. The second-order valence-electron chi connectivity index (χ2n) is 5.61. The van der Waals surface area contributed by atoms with Crippen molar-refractivity contribution in [2.24, 2.45) is 0 Å². The lowest BCUT2D eigenvalue weighted by Crippen LogP contribution is -2.20. The van der Waals surface area contributed by atoms with E-state index in [1.807, 2.05) is 32.9 Å². The summed E-state index contributed by atoms with van der Waals surface area (Å²) >= 11 is 0. The van der Waals surface area contributed by atoms with Gasteiger partial charge >= 0.3 is 5.97 Å². The zero-order valence-electron chi connectivity index (χ0n) is 14.3. The first-order valence-corrected chi connectivity index (χ1v) is 7.59.